The van der Waals surface area contributed by atoms with Gasteiger partial charge in [-0.1, -0.05) is 112 Å². The van der Waals surface area contributed by atoms with Gasteiger partial charge in [-0.25, -0.2) is 9.59 Å². The lowest BCUT2D eigenvalue weighted by Crippen LogP contribution is -2.28. The molecule has 4 aromatic rings. The number of carbonyl (C=O) groups is 2. The molecule has 0 amide bonds. The summed E-state index contributed by atoms with van der Waals surface area (Å²) in [5.74, 6) is -1.27. The predicted octanol–water partition coefficient (Wildman–Crippen LogP) is 12.8. The van der Waals surface area contributed by atoms with Crippen LogP contribution >= 0.6 is 0 Å². The molecule has 0 saturated heterocycles. The normalized spacial score (nSPS) is 11.7. The second-order valence-electron chi connectivity index (χ2n) is 17.8. The molecule has 0 heterocycles. The first-order valence-corrected chi connectivity index (χ1v) is 19.1. The van der Waals surface area contributed by atoms with Crippen molar-refractivity contribution >= 4 is 23.1 Å². The molecule has 0 aromatic heterocycles. The van der Waals surface area contributed by atoms with Crippen LogP contribution in [-0.2, 0) is 19.1 Å². The van der Waals surface area contributed by atoms with Crippen LogP contribution in [0, 0.1) is 93.9 Å². The van der Waals surface area contributed by atoms with Crippen molar-refractivity contribution in [3.8, 4) is 0 Å². The van der Waals surface area contributed by atoms with E-state index in [0.717, 1.165) is 100 Å². The lowest BCUT2D eigenvalue weighted by molar-refractivity contribution is -0.164. The van der Waals surface area contributed by atoms with Crippen molar-refractivity contribution in [1.29, 1.82) is 0 Å². The zero-order valence-corrected chi connectivity index (χ0v) is 36.3. The van der Waals surface area contributed by atoms with Crippen molar-refractivity contribution in [2.45, 2.75) is 125 Å². The van der Waals surface area contributed by atoms with Crippen molar-refractivity contribution in [2.75, 3.05) is 0 Å². The van der Waals surface area contributed by atoms with Crippen LogP contribution in [0.3, 0.4) is 0 Å². The molecule has 4 aromatic carbocycles. The monoisotopic (exact) mass is 726 g/mol. The molecule has 54 heavy (non-hydrogen) atoms. The van der Waals surface area contributed by atoms with Gasteiger partial charge in [0.25, 0.3) is 0 Å². The van der Waals surface area contributed by atoms with Crippen molar-refractivity contribution in [3.63, 3.8) is 0 Å². The fourth-order valence-electron chi connectivity index (χ4n) is 8.43. The minimum Gasteiger partial charge on any atom is -0.421 e. The van der Waals surface area contributed by atoms with Crippen LogP contribution in [-0.4, -0.2) is 11.9 Å². The Hall–Kier alpha value is -4.70. The number of aryl methyl sites for hydroxylation is 12. The second-order valence-corrected chi connectivity index (χ2v) is 17.8. The number of rotatable bonds is 6. The van der Waals surface area contributed by atoms with E-state index in [1.807, 2.05) is 41.5 Å². The Balaban J connectivity index is 2.03. The number of allylic oxidation sites excluding steroid dienone is 2. The van der Waals surface area contributed by atoms with Crippen LogP contribution in [0.2, 0.25) is 0 Å². The third-order valence-electron chi connectivity index (χ3n) is 10.1. The molecule has 0 fully saturated rings. The highest BCUT2D eigenvalue weighted by Crippen LogP contribution is 2.44. The summed E-state index contributed by atoms with van der Waals surface area (Å²) in [7, 11) is 0. The Morgan fingerprint density at radius 2 is 0.519 bits per heavy atom. The SMILES string of the molecule is Cc1cc(C)c(C(=C(OC(=O)C(=O)OC(=C(c2c(C)cc(C)cc2C)c2c(C)cc(C)cc2C)C(C)(C)C)C(C)(C)C)c2c(C)cc(C)cc2C)c(C)c1. The fourth-order valence-corrected chi connectivity index (χ4v) is 8.43. The smallest absolute Gasteiger partial charge is 0.421 e. The van der Waals surface area contributed by atoms with E-state index < -0.39 is 22.8 Å². The van der Waals surface area contributed by atoms with Gasteiger partial charge in [-0.05, 0) is 150 Å². The zero-order chi connectivity index (χ0) is 40.8. The molecule has 0 bridgehead atoms. The number of esters is 2. The summed E-state index contributed by atoms with van der Waals surface area (Å²) in [6, 6.07) is 17.3. The minimum absolute atomic E-state index is 0.423. The van der Waals surface area contributed by atoms with Crippen molar-refractivity contribution in [1.82, 2.24) is 0 Å². The summed E-state index contributed by atoms with van der Waals surface area (Å²) in [6.45, 7) is 37.2. The quantitative estimate of drug-likeness (QED) is 0.113. The molecule has 0 N–H and O–H groups in total. The van der Waals surface area contributed by atoms with Gasteiger partial charge in [0.1, 0.15) is 11.5 Å². The first-order chi connectivity index (χ1) is 24.8. The molecular formula is C50H62O4. The van der Waals surface area contributed by atoms with Gasteiger partial charge in [-0.2, -0.15) is 0 Å². The standard InChI is InChI=1S/C50H62O4/c1-27-19-31(5)39(32(6)20-27)43(40-33(7)21-28(2)22-34(40)8)45(49(13,14)15)53-47(51)48(52)54-46(50(16,17)18)44(41-35(9)23-29(3)24-36(41)10)42-37(11)25-30(4)26-38(42)12/h19-26H,1-18H3. The van der Waals surface area contributed by atoms with E-state index in [4.69, 9.17) is 9.47 Å². The molecule has 0 aliphatic rings. The molecule has 4 rings (SSSR count). The summed E-state index contributed by atoms with van der Waals surface area (Å²) in [6.07, 6.45) is 0. The summed E-state index contributed by atoms with van der Waals surface area (Å²) in [5, 5.41) is 0. The van der Waals surface area contributed by atoms with Crippen molar-refractivity contribution in [3.05, 3.63) is 149 Å². The maximum Gasteiger partial charge on any atom is 0.423 e. The molecule has 4 heteroatoms. The van der Waals surface area contributed by atoms with E-state index in [0.29, 0.717) is 11.5 Å². The predicted molar refractivity (Wildman–Crippen MR) is 226 cm³/mol. The zero-order valence-electron chi connectivity index (χ0n) is 36.3. The molecular weight excluding hydrogens is 665 g/mol. The Morgan fingerprint density at radius 3 is 0.667 bits per heavy atom. The van der Waals surface area contributed by atoms with Crippen LogP contribution in [0.15, 0.2) is 60.0 Å². The number of ether oxygens (including phenoxy) is 2. The minimum atomic E-state index is -1.06. The highest BCUT2D eigenvalue weighted by Gasteiger charge is 2.36. The second kappa shape index (κ2) is 15.6. The van der Waals surface area contributed by atoms with Crippen molar-refractivity contribution < 1.29 is 19.1 Å². The van der Waals surface area contributed by atoms with Gasteiger partial charge in [-0.15, -0.1) is 0 Å². The highest BCUT2D eigenvalue weighted by molar-refractivity contribution is 6.30. The van der Waals surface area contributed by atoms with Gasteiger partial charge in [0, 0.05) is 22.0 Å². The first kappa shape index (κ1) is 42.0. The van der Waals surface area contributed by atoms with Crippen molar-refractivity contribution in [2.24, 2.45) is 10.8 Å². The Morgan fingerprint density at radius 1 is 0.352 bits per heavy atom. The summed E-state index contributed by atoms with van der Waals surface area (Å²) in [4.78, 5) is 28.8. The summed E-state index contributed by atoms with van der Waals surface area (Å²) >= 11 is 0. The van der Waals surface area contributed by atoms with Crippen LogP contribution < -0.4 is 0 Å². The van der Waals surface area contributed by atoms with Crippen LogP contribution in [0.5, 0.6) is 0 Å². The molecule has 0 aliphatic heterocycles. The molecule has 4 nitrogen and oxygen atoms in total. The molecule has 0 radical (unpaired) electrons. The number of hydrogen-bond donors (Lipinski definition) is 0. The Labute approximate surface area is 325 Å². The largest absolute Gasteiger partial charge is 0.423 e. The molecule has 0 atom stereocenters. The maximum absolute atomic E-state index is 14.4. The van der Waals surface area contributed by atoms with E-state index in [1.165, 1.54) is 0 Å². The Kier molecular flexibility index (Phi) is 12.1. The topological polar surface area (TPSA) is 52.6 Å². The Bertz CT molecular complexity index is 1850. The van der Waals surface area contributed by atoms with Crippen LogP contribution in [0.25, 0.3) is 11.1 Å². The van der Waals surface area contributed by atoms with Gasteiger partial charge in [-0.3, -0.25) is 0 Å². The lowest BCUT2D eigenvalue weighted by Gasteiger charge is -2.30. The van der Waals surface area contributed by atoms with E-state index in [-0.39, 0.29) is 0 Å². The van der Waals surface area contributed by atoms with Gasteiger partial charge in [0.15, 0.2) is 0 Å². The molecule has 0 saturated carbocycles. The molecule has 0 spiro atoms. The van der Waals surface area contributed by atoms with Gasteiger partial charge < -0.3 is 9.47 Å². The third-order valence-corrected chi connectivity index (χ3v) is 10.1. The van der Waals surface area contributed by atoms with Gasteiger partial charge in [0.2, 0.25) is 0 Å². The molecule has 286 valence electrons. The first-order valence-electron chi connectivity index (χ1n) is 19.1. The van der Waals surface area contributed by atoms with E-state index in [2.05, 4.69) is 132 Å². The van der Waals surface area contributed by atoms with E-state index in [9.17, 15) is 9.59 Å². The maximum atomic E-state index is 14.4. The lowest BCUT2D eigenvalue weighted by atomic mass is 9.79. The number of benzene rings is 4. The highest BCUT2D eigenvalue weighted by atomic mass is 16.6. The van der Waals surface area contributed by atoms with E-state index >= 15 is 0 Å². The van der Waals surface area contributed by atoms with Crippen LogP contribution in [0.1, 0.15) is 131 Å². The van der Waals surface area contributed by atoms with Crippen LogP contribution in [0.4, 0.5) is 0 Å². The molecule has 0 aliphatic carbocycles. The average molecular weight is 727 g/mol. The summed E-state index contributed by atoms with van der Waals surface area (Å²) in [5.41, 5.74) is 17.4. The average Bonchev–Trinajstić information content (AvgIpc) is 2.98. The molecule has 0 unspecified atom stereocenters. The summed E-state index contributed by atoms with van der Waals surface area (Å²) < 4.78 is 12.8. The number of hydrogen-bond acceptors (Lipinski definition) is 4. The van der Waals surface area contributed by atoms with Gasteiger partial charge in [0.05, 0.1) is 0 Å². The fraction of sp³-hybridized carbons (Fsp3) is 0.400. The third kappa shape index (κ3) is 8.81. The van der Waals surface area contributed by atoms with E-state index in [1.54, 1.807) is 0 Å². The number of carbonyl (C=O) groups excluding carboxylic acids is 2. The van der Waals surface area contributed by atoms with Gasteiger partial charge >= 0.3 is 11.9 Å².